The Morgan fingerprint density at radius 1 is 1.27 bits per heavy atom. The van der Waals surface area contributed by atoms with Crippen molar-refractivity contribution in [3.8, 4) is 0 Å². The van der Waals surface area contributed by atoms with E-state index in [0.29, 0.717) is 30.2 Å². The number of nitrogens with one attached hydrogen (secondary N) is 1. The van der Waals surface area contributed by atoms with Crippen LogP contribution in [0.3, 0.4) is 0 Å². The van der Waals surface area contributed by atoms with E-state index in [4.69, 9.17) is 9.26 Å². The minimum absolute atomic E-state index is 0.0419. The van der Waals surface area contributed by atoms with Gasteiger partial charge in [0.1, 0.15) is 18.5 Å². The van der Waals surface area contributed by atoms with Crippen LogP contribution in [-0.2, 0) is 4.74 Å². The lowest BCUT2D eigenvalue weighted by atomic mass is 10.0. The van der Waals surface area contributed by atoms with E-state index in [9.17, 15) is 4.79 Å². The lowest BCUT2D eigenvalue weighted by Gasteiger charge is -2.23. The van der Waals surface area contributed by atoms with Crippen LogP contribution in [0.5, 0.6) is 0 Å². The number of carbonyl (C=O) groups excluding carboxylic acids is 1. The largest absolute Gasteiger partial charge is 0.447 e. The second kappa shape index (κ2) is 6.54. The summed E-state index contributed by atoms with van der Waals surface area (Å²) >= 11 is 0. The van der Waals surface area contributed by atoms with Crippen molar-refractivity contribution in [3.63, 3.8) is 0 Å². The van der Waals surface area contributed by atoms with E-state index in [1.807, 2.05) is 6.92 Å². The Morgan fingerprint density at radius 3 is 2.81 bits per heavy atom. The monoisotopic (exact) mass is 358 g/mol. The summed E-state index contributed by atoms with van der Waals surface area (Å²) in [4.78, 5) is 26.8. The van der Waals surface area contributed by atoms with Gasteiger partial charge < -0.3 is 14.6 Å². The highest BCUT2D eigenvalue weighted by atomic mass is 16.6. The van der Waals surface area contributed by atoms with E-state index >= 15 is 0 Å². The van der Waals surface area contributed by atoms with Crippen LogP contribution in [0.15, 0.2) is 16.8 Å². The average Bonchev–Trinajstić information content (AvgIpc) is 3.20. The van der Waals surface area contributed by atoms with E-state index in [1.54, 1.807) is 17.2 Å². The first-order valence-electron chi connectivity index (χ1n) is 8.92. The lowest BCUT2D eigenvalue weighted by Crippen LogP contribution is -2.37. The molecule has 0 radical (unpaired) electrons. The van der Waals surface area contributed by atoms with Crippen LogP contribution in [0.25, 0.3) is 0 Å². The van der Waals surface area contributed by atoms with E-state index in [-0.39, 0.29) is 24.1 Å². The molecule has 3 heterocycles. The number of hydrogen-bond acceptors (Lipinski definition) is 8. The molecular weight excluding hydrogens is 336 g/mol. The third-order valence-electron chi connectivity index (χ3n) is 4.68. The Labute approximate surface area is 151 Å². The normalized spacial score (nSPS) is 21.2. The molecule has 0 aromatic carbocycles. The second-order valence-electron chi connectivity index (χ2n) is 7.13. The predicted molar refractivity (Wildman–Crippen MR) is 92.8 cm³/mol. The lowest BCUT2D eigenvalue weighted by molar-refractivity contribution is 0.177. The molecule has 9 nitrogen and oxygen atoms in total. The highest BCUT2D eigenvalue weighted by Crippen LogP contribution is 2.38. The zero-order chi connectivity index (χ0) is 18.3. The summed E-state index contributed by atoms with van der Waals surface area (Å²) in [6.07, 6.45) is 3.47. The van der Waals surface area contributed by atoms with Crippen LogP contribution in [0.1, 0.15) is 57.3 Å². The van der Waals surface area contributed by atoms with E-state index < -0.39 is 0 Å². The van der Waals surface area contributed by atoms with Gasteiger partial charge >= 0.3 is 6.09 Å². The maximum absolute atomic E-state index is 12.1. The fraction of sp³-hybridized carbons (Fsp3) is 0.588. The molecular formula is C17H22N6O3. The van der Waals surface area contributed by atoms with Crippen molar-refractivity contribution >= 4 is 17.9 Å². The summed E-state index contributed by atoms with van der Waals surface area (Å²) in [5.74, 6) is 2.87. The van der Waals surface area contributed by atoms with E-state index in [2.05, 4.69) is 39.3 Å². The summed E-state index contributed by atoms with van der Waals surface area (Å²) in [6.45, 7) is 6.37. The second-order valence-corrected chi connectivity index (χ2v) is 7.13. The molecule has 9 heteroatoms. The van der Waals surface area contributed by atoms with Gasteiger partial charge in [0, 0.05) is 12.1 Å². The molecule has 1 amide bonds. The van der Waals surface area contributed by atoms with Crippen LogP contribution in [0.2, 0.25) is 0 Å². The average molecular weight is 358 g/mol. The van der Waals surface area contributed by atoms with Gasteiger partial charge in [-0.15, -0.1) is 0 Å². The van der Waals surface area contributed by atoms with E-state index in [0.717, 1.165) is 18.7 Å². The molecule has 0 spiro atoms. The fourth-order valence-electron chi connectivity index (χ4n) is 2.93. The summed E-state index contributed by atoms with van der Waals surface area (Å²) in [6, 6.07) is 1.42. The molecule has 2 aromatic heterocycles. The molecule has 2 aliphatic rings. The topological polar surface area (TPSA) is 106 Å². The highest BCUT2D eigenvalue weighted by molar-refractivity contribution is 5.89. The van der Waals surface area contributed by atoms with Crippen molar-refractivity contribution in [1.29, 1.82) is 0 Å². The standard InChI is InChI=1S/C17H22N6O3/c1-9(2)12-8-25-17(24)23(12)13-6-7-18-16(20-13)19-10(3)15-21-14(22-26-15)11-4-5-11/h6-7,9-12H,4-5,8H2,1-3H3,(H,18,19,20)/t10-,12+/m0/s1. The summed E-state index contributed by atoms with van der Waals surface area (Å²) in [5.41, 5.74) is 0. The quantitative estimate of drug-likeness (QED) is 0.840. The Balaban J connectivity index is 1.50. The summed E-state index contributed by atoms with van der Waals surface area (Å²) in [5, 5.41) is 7.18. The maximum Gasteiger partial charge on any atom is 0.415 e. The number of hydrogen-bond donors (Lipinski definition) is 1. The van der Waals surface area contributed by atoms with Crippen LogP contribution in [0.4, 0.5) is 16.6 Å². The van der Waals surface area contributed by atoms with Gasteiger partial charge in [0.15, 0.2) is 5.82 Å². The van der Waals surface area contributed by atoms with Crippen molar-refractivity contribution in [3.05, 3.63) is 24.0 Å². The van der Waals surface area contributed by atoms with Crippen molar-refractivity contribution < 1.29 is 14.1 Å². The minimum atomic E-state index is -0.382. The molecule has 0 bridgehead atoms. The molecule has 2 fully saturated rings. The van der Waals surface area contributed by atoms with Crippen LogP contribution >= 0.6 is 0 Å². The molecule has 4 rings (SSSR count). The number of nitrogens with zero attached hydrogens (tertiary/aromatic N) is 5. The SMILES string of the molecule is CC(C)[C@H]1COC(=O)N1c1ccnc(N[C@@H](C)c2nc(C3CC3)no2)n1. The summed E-state index contributed by atoms with van der Waals surface area (Å²) in [7, 11) is 0. The Hall–Kier alpha value is -2.71. The molecule has 2 aromatic rings. The fourth-order valence-corrected chi connectivity index (χ4v) is 2.93. The first-order chi connectivity index (χ1) is 12.5. The van der Waals surface area contributed by atoms with Gasteiger partial charge in [-0.2, -0.15) is 9.97 Å². The van der Waals surface area contributed by atoms with Gasteiger partial charge in [-0.25, -0.2) is 9.78 Å². The third kappa shape index (κ3) is 3.21. The number of aromatic nitrogens is 4. The molecule has 138 valence electrons. The number of rotatable bonds is 6. The van der Waals surface area contributed by atoms with Crippen molar-refractivity contribution in [2.75, 3.05) is 16.8 Å². The van der Waals surface area contributed by atoms with Gasteiger partial charge in [0.05, 0.1) is 6.04 Å². The van der Waals surface area contributed by atoms with E-state index in [1.165, 1.54) is 0 Å². The van der Waals surface area contributed by atoms with Gasteiger partial charge in [0.25, 0.3) is 0 Å². The smallest absolute Gasteiger partial charge is 0.415 e. The Kier molecular flexibility index (Phi) is 4.21. The zero-order valence-corrected chi connectivity index (χ0v) is 15.0. The zero-order valence-electron chi connectivity index (χ0n) is 15.0. The molecule has 0 unspecified atom stereocenters. The Bertz CT molecular complexity index is 803. The molecule has 1 N–H and O–H groups in total. The molecule has 1 saturated heterocycles. The molecule has 1 aliphatic carbocycles. The number of carbonyl (C=O) groups is 1. The summed E-state index contributed by atoms with van der Waals surface area (Å²) < 4.78 is 10.5. The van der Waals surface area contributed by atoms with Gasteiger partial charge in [-0.1, -0.05) is 19.0 Å². The number of ether oxygens (including phenoxy) is 1. The molecule has 2 atom stereocenters. The molecule has 1 saturated carbocycles. The number of anilines is 2. The molecule has 26 heavy (non-hydrogen) atoms. The van der Waals surface area contributed by atoms with Crippen molar-refractivity contribution in [2.24, 2.45) is 5.92 Å². The van der Waals surface area contributed by atoms with Gasteiger partial charge in [-0.3, -0.25) is 4.90 Å². The van der Waals surface area contributed by atoms with Crippen LogP contribution < -0.4 is 10.2 Å². The van der Waals surface area contributed by atoms with Crippen LogP contribution in [-0.4, -0.2) is 38.9 Å². The molecule has 1 aliphatic heterocycles. The predicted octanol–water partition coefficient (Wildman–Crippen LogP) is 2.89. The van der Waals surface area contributed by atoms with Crippen molar-refractivity contribution in [2.45, 2.75) is 51.6 Å². The van der Waals surface area contributed by atoms with Crippen LogP contribution in [0, 0.1) is 5.92 Å². The minimum Gasteiger partial charge on any atom is -0.447 e. The first kappa shape index (κ1) is 16.7. The first-order valence-corrected chi connectivity index (χ1v) is 8.92. The third-order valence-corrected chi connectivity index (χ3v) is 4.68. The number of amides is 1. The van der Waals surface area contributed by atoms with Gasteiger partial charge in [-0.05, 0) is 31.7 Å². The van der Waals surface area contributed by atoms with Gasteiger partial charge in [0.2, 0.25) is 11.8 Å². The number of cyclic esters (lactones) is 1. The van der Waals surface area contributed by atoms with Crippen molar-refractivity contribution in [1.82, 2.24) is 20.1 Å². The maximum atomic E-state index is 12.1. The Morgan fingerprint density at radius 2 is 2.08 bits per heavy atom. The highest BCUT2D eigenvalue weighted by Gasteiger charge is 2.37.